The number of carbonyl (C=O) groups excluding carboxylic acids is 1. The van der Waals surface area contributed by atoms with Gasteiger partial charge >= 0.3 is 5.97 Å². The molecule has 6 heteroatoms. The summed E-state index contributed by atoms with van der Waals surface area (Å²) in [6.45, 7) is 3.90. The highest BCUT2D eigenvalue weighted by Gasteiger charge is 2.32. The molecule has 1 saturated heterocycles. The number of likely N-dealkylation sites (tertiary alicyclic amines) is 1. The van der Waals surface area contributed by atoms with Crippen LogP contribution in [0.3, 0.4) is 0 Å². The molecule has 29 heavy (non-hydrogen) atoms. The second kappa shape index (κ2) is 10.1. The fourth-order valence-electron chi connectivity index (χ4n) is 3.81. The number of rotatable bonds is 8. The highest BCUT2D eigenvalue weighted by atomic mass is 16.5. The Morgan fingerprint density at radius 1 is 1.07 bits per heavy atom. The molecule has 1 N–H and O–H groups in total. The molecule has 1 atom stereocenters. The van der Waals surface area contributed by atoms with Crippen LogP contribution in [0, 0.1) is 0 Å². The second-order valence-corrected chi connectivity index (χ2v) is 7.23. The van der Waals surface area contributed by atoms with Gasteiger partial charge in [-0.3, -0.25) is 14.5 Å². The number of carboxylic acids is 1. The minimum absolute atomic E-state index is 0.0405. The van der Waals surface area contributed by atoms with Gasteiger partial charge in [0.05, 0.1) is 6.54 Å². The molecular formula is C23H28N2O4. The molecular weight excluding hydrogens is 368 g/mol. The van der Waals surface area contributed by atoms with Crippen LogP contribution < -0.4 is 4.74 Å². The lowest BCUT2D eigenvalue weighted by Gasteiger charge is -2.38. The molecule has 1 unspecified atom stereocenters. The van der Waals surface area contributed by atoms with Gasteiger partial charge in [0.15, 0.2) is 0 Å². The van der Waals surface area contributed by atoms with Crippen LogP contribution in [0.5, 0.6) is 5.75 Å². The predicted molar refractivity (Wildman–Crippen MR) is 111 cm³/mol. The van der Waals surface area contributed by atoms with Crippen LogP contribution in [0.25, 0.3) is 0 Å². The topological polar surface area (TPSA) is 70.1 Å². The van der Waals surface area contributed by atoms with Crippen LogP contribution in [0.1, 0.15) is 31.4 Å². The maximum Gasteiger partial charge on any atom is 0.317 e. The van der Waals surface area contributed by atoms with Crippen LogP contribution in [0.2, 0.25) is 0 Å². The van der Waals surface area contributed by atoms with Crippen LogP contribution in [0.4, 0.5) is 0 Å². The van der Waals surface area contributed by atoms with Crippen LogP contribution in [-0.4, -0.2) is 59.0 Å². The van der Waals surface area contributed by atoms with Crippen molar-refractivity contribution in [2.45, 2.75) is 31.9 Å². The highest BCUT2D eigenvalue weighted by molar-refractivity contribution is 5.83. The Kier molecular flexibility index (Phi) is 7.25. The number of hydrogen-bond acceptors (Lipinski definition) is 4. The lowest BCUT2D eigenvalue weighted by atomic mass is 10.0. The van der Waals surface area contributed by atoms with E-state index in [1.807, 2.05) is 77.4 Å². The van der Waals surface area contributed by atoms with Crippen LogP contribution in [-0.2, 0) is 9.59 Å². The Bertz CT molecular complexity index is 789. The van der Waals surface area contributed by atoms with Gasteiger partial charge < -0.3 is 14.7 Å². The summed E-state index contributed by atoms with van der Waals surface area (Å²) in [6, 6.07) is 19.1. The van der Waals surface area contributed by atoms with Crippen molar-refractivity contribution in [1.29, 1.82) is 0 Å². The number of amides is 1. The fourth-order valence-corrected chi connectivity index (χ4v) is 3.81. The van der Waals surface area contributed by atoms with Crippen molar-refractivity contribution in [2.24, 2.45) is 0 Å². The minimum Gasteiger partial charge on any atom is -0.480 e. The molecule has 0 aromatic heterocycles. The number of carbonyl (C=O) groups is 2. The number of aliphatic carboxylic acids is 1. The summed E-state index contributed by atoms with van der Waals surface area (Å²) in [6.07, 6.45) is 0.829. The van der Waals surface area contributed by atoms with Gasteiger partial charge in [-0.25, -0.2) is 0 Å². The maximum absolute atomic E-state index is 13.3. The molecule has 2 aromatic rings. The van der Waals surface area contributed by atoms with Gasteiger partial charge in [0.25, 0.3) is 5.91 Å². The first-order valence-electron chi connectivity index (χ1n) is 10.1. The van der Waals surface area contributed by atoms with E-state index in [1.165, 1.54) is 0 Å². The largest absolute Gasteiger partial charge is 0.480 e. The zero-order valence-electron chi connectivity index (χ0n) is 16.7. The van der Waals surface area contributed by atoms with Gasteiger partial charge in [-0.05, 0) is 31.5 Å². The van der Waals surface area contributed by atoms with Gasteiger partial charge in [0.1, 0.15) is 5.75 Å². The first-order chi connectivity index (χ1) is 14.1. The predicted octanol–water partition coefficient (Wildman–Crippen LogP) is 3.20. The molecule has 3 rings (SSSR count). The van der Waals surface area contributed by atoms with Crippen molar-refractivity contribution in [3.63, 3.8) is 0 Å². The van der Waals surface area contributed by atoms with E-state index in [2.05, 4.69) is 0 Å². The Hall–Kier alpha value is -2.86. The third-order valence-electron chi connectivity index (χ3n) is 5.36. The monoisotopic (exact) mass is 396 g/mol. The number of para-hydroxylation sites is 1. The minimum atomic E-state index is -0.814. The molecule has 0 spiro atoms. The Morgan fingerprint density at radius 2 is 1.66 bits per heavy atom. The van der Waals surface area contributed by atoms with Crippen molar-refractivity contribution in [1.82, 2.24) is 9.80 Å². The zero-order chi connectivity index (χ0) is 20.6. The standard InChI is InChI=1S/C23H28N2O4/c1-2-24(17-21(26)27)19-13-15-25(16-14-19)23(28)22(18-9-5-3-6-10-18)29-20-11-7-4-8-12-20/h3-12,19,22H,2,13-17H2,1H3,(H,26,27). The second-order valence-electron chi connectivity index (χ2n) is 7.23. The van der Waals surface area contributed by atoms with E-state index in [-0.39, 0.29) is 18.5 Å². The number of ether oxygens (including phenoxy) is 1. The van der Waals surface area contributed by atoms with E-state index in [0.717, 1.165) is 18.4 Å². The molecule has 0 radical (unpaired) electrons. The molecule has 1 aliphatic rings. The molecule has 0 bridgehead atoms. The number of piperidine rings is 1. The number of hydrogen-bond donors (Lipinski definition) is 1. The summed E-state index contributed by atoms with van der Waals surface area (Å²) in [7, 11) is 0. The molecule has 6 nitrogen and oxygen atoms in total. The Labute approximate surface area is 171 Å². The molecule has 1 fully saturated rings. The van der Waals surface area contributed by atoms with Gasteiger partial charge in [0, 0.05) is 24.7 Å². The molecule has 154 valence electrons. The van der Waals surface area contributed by atoms with E-state index in [1.54, 1.807) is 0 Å². The van der Waals surface area contributed by atoms with E-state index in [4.69, 9.17) is 9.84 Å². The average Bonchev–Trinajstić information content (AvgIpc) is 2.76. The van der Waals surface area contributed by atoms with Crippen molar-refractivity contribution < 1.29 is 19.4 Å². The maximum atomic E-state index is 13.3. The average molecular weight is 396 g/mol. The Morgan fingerprint density at radius 3 is 2.21 bits per heavy atom. The van der Waals surface area contributed by atoms with E-state index < -0.39 is 12.1 Å². The molecule has 0 saturated carbocycles. The third-order valence-corrected chi connectivity index (χ3v) is 5.36. The Balaban J connectivity index is 1.69. The van der Waals surface area contributed by atoms with E-state index >= 15 is 0 Å². The summed E-state index contributed by atoms with van der Waals surface area (Å²) < 4.78 is 6.08. The normalized spacial score (nSPS) is 15.9. The van der Waals surface area contributed by atoms with Crippen molar-refractivity contribution in [3.05, 3.63) is 66.2 Å². The number of nitrogens with zero attached hydrogens (tertiary/aromatic N) is 2. The summed E-state index contributed by atoms with van der Waals surface area (Å²) >= 11 is 0. The van der Waals surface area contributed by atoms with Crippen molar-refractivity contribution in [2.75, 3.05) is 26.2 Å². The number of likely N-dealkylation sites (N-methyl/N-ethyl adjacent to an activating group) is 1. The molecule has 0 aliphatic carbocycles. The molecule has 1 aliphatic heterocycles. The molecule has 1 amide bonds. The fraction of sp³-hybridized carbons (Fsp3) is 0.391. The van der Waals surface area contributed by atoms with Crippen LogP contribution in [0.15, 0.2) is 60.7 Å². The summed E-state index contributed by atoms with van der Waals surface area (Å²) in [5, 5.41) is 9.10. The van der Waals surface area contributed by atoms with Crippen molar-refractivity contribution >= 4 is 11.9 Å². The van der Waals surface area contributed by atoms with Crippen LogP contribution >= 0.6 is 0 Å². The molecule has 2 aromatic carbocycles. The summed E-state index contributed by atoms with van der Waals surface area (Å²) in [4.78, 5) is 28.2. The summed E-state index contributed by atoms with van der Waals surface area (Å²) in [5.41, 5.74) is 0.824. The first-order valence-corrected chi connectivity index (χ1v) is 10.1. The molecule has 1 heterocycles. The van der Waals surface area contributed by atoms with Gasteiger partial charge in [-0.1, -0.05) is 55.5 Å². The van der Waals surface area contributed by atoms with Gasteiger partial charge in [-0.2, -0.15) is 0 Å². The lowest BCUT2D eigenvalue weighted by molar-refractivity contribution is -0.143. The quantitative estimate of drug-likeness (QED) is 0.742. The number of benzene rings is 2. The SMILES string of the molecule is CCN(CC(=O)O)C1CCN(C(=O)C(Oc2ccccc2)c2ccccc2)CC1. The summed E-state index contributed by atoms with van der Waals surface area (Å²) in [5.74, 6) is -0.214. The highest BCUT2D eigenvalue weighted by Crippen LogP contribution is 2.26. The van der Waals surface area contributed by atoms with E-state index in [0.29, 0.717) is 25.4 Å². The van der Waals surface area contributed by atoms with Gasteiger partial charge in [-0.15, -0.1) is 0 Å². The first kappa shape index (κ1) is 20.9. The van der Waals surface area contributed by atoms with E-state index in [9.17, 15) is 9.59 Å². The number of carboxylic acid groups (broad SMARTS) is 1. The zero-order valence-corrected chi connectivity index (χ0v) is 16.7. The lowest BCUT2D eigenvalue weighted by Crippen LogP contribution is -2.49. The smallest absolute Gasteiger partial charge is 0.317 e. The third kappa shape index (κ3) is 5.57. The van der Waals surface area contributed by atoms with Gasteiger partial charge in [0.2, 0.25) is 6.10 Å². The van der Waals surface area contributed by atoms with Crippen molar-refractivity contribution in [3.8, 4) is 5.75 Å².